The van der Waals surface area contributed by atoms with Crippen molar-refractivity contribution in [3.63, 3.8) is 0 Å². The predicted octanol–water partition coefficient (Wildman–Crippen LogP) is 2.11. The van der Waals surface area contributed by atoms with Crippen molar-refractivity contribution < 1.29 is 9.90 Å². The zero-order valence-electron chi connectivity index (χ0n) is 15.6. The van der Waals surface area contributed by atoms with Gasteiger partial charge in [-0.05, 0) is 43.7 Å². The molecule has 3 aromatic rings. The van der Waals surface area contributed by atoms with Crippen molar-refractivity contribution in [1.29, 1.82) is 0 Å². The van der Waals surface area contributed by atoms with Crippen LogP contribution < -0.4 is 0 Å². The third-order valence-electron chi connectivity index (χ3n) is 5.58. The van der Waals surface area contributed by atoms with E-state index in [1.807, 2.05) is 27.8 Å². The monoisotopic (exact) mass is 397 g/mol. The van der Waals surface area contributed by atoms with Crippen LogP contribution in [-0.4, -0.2) is 61.3 Å². The number of β-amino-alcohol motifs (C(OH)–C–C–N with tert-alkyl or cyclic N) is 1. The molecular formula is C20H23N5O2S. The number of nitrogens with zero attached hydrogens (tertiary/aromatic N) is 5. The highest BCUT2D eigenvalue weighted by molar-refractivity contribution is 7.16. The van der Waals surface area contributed by atoms with Crippen LogP contribution in [0.2, 0.25) is 0 Å². The van der Waals surface area contributed by atoms with Crippen molar-refractivity contribution in [3.8, 4) is 0 Å². The molecule has 0 aliphatic carbocycles. The van der Waals surface area contributed by atoms with Crippen molar-refractivity contribution in [2.24, 2.45) is 0 Å². The molecule has 5 rings (SSSR count). The fourth-order valence-electron chi connectivity index (χ4n) is 4.15. The van der Waals surface area contributed by atoms with Crippen molar-refractivity contribution in [2.45, 2.75) is 38.6 Å². The van der Waals surface area contributed by atoms with Crippen LogP contribution in [0.25, 0.3) is 10.2 Å². The van der Waals surface area contributed by atoms with Crippen molar-refractivity contribution >= 4 is 27.5 Å². The lowest BCUT2D eigenvalue weighted by atomic mass is 10.1. The maximum atomic E-state index is 13.0. The average molecular weight is 398 g/mol. The van der Waals surface area contributed by atoms with E-state index in [9.17, 15) is 9.90 Å². The molecule has 1 amide bonds. The molecule has 1 aromatic carbocycles. The molecule has 0 unspecified atom stereocenters. The van der Waals surface area contributed by atoms with Gasteiger partial charge in [0.25, 0.3) is 5.91 Å². The number of aliphatic hydroxyl groups excluding tert-OH is 1. The van der Waals surface area contributed by atoms with E-state index in [0.29, 0.717) is 31.7 Å². The van der Waals surface area contributed by atoms with Crippen LogP contribution in [0.4, 0.5) is 0 Å². The Kier molecular flexibility index (Phi) is 4.62. The second kappa shape index (κ2) is 7.27. The second-order valence-corrected chi connectivity index (χ2v) is 8.53. The maximum Gasteiger partial charge on any atom is 0.254 e. The largest absolute Gasteiger partial charge is 0.392 e. The summed E-state index contributed by atoms with van der Waals surface area (Å²) in [5, 5.41) is 14.6. The summed E-state index contributed by atoms with van der Waals surface area (Å²) in [6.45, 7) is 4.41. The quantitative estimate of drug-likeness (QED) is 0.733. The Morgan fingerprint density at radius 2 is 2.18 bits per heavy atom. The van der Waals surface area contributed by atoms with Crippen LogP contribution in [-0.2, 0) is 19.6 Å². The zero-order valence-corrected chi connectivity index (χ0v) is 16.4. The second-order valence-electron chi connectivity index (χ2n) is 7.64. The summed E-state index contributed by atoms with van der Waals surface area (Å²) in [7, 11) is 0. The van der Waals surface area contributed by atoms with Crippen LogP contribution in [0.1, 0.15) is 34.6 Å². The molecule has 0 bridgehead atoms. The number of hydrogen-bond acceptors (Lipinski definition) is 6. The molecule has 2 aromatic heterocycles. The van der Waals surface area contributed by atoms with Gasteiger partial charge in [0, 0.05) is 25.2 Å². The number of rotatable bonds is 3. The first kappa shape index (κ1) is 17.8. The standard InChI is InChI=1S/C20H23N5O2S/c26-17-2-1-5-23(12-17)10-15-9-16-11-24(6-7-25(16)22-15)20(27)14-3-4-19-18(8-14)21-13-28-19/h3-4,8-9,13,17,26H,1-2,5-7,10-12H2/t17-/m1/s1. The van der Waals surface area contributed by atoms with Crippen molar-refractivity contribution in [1.82, 2.24) is 24.6 Å². The molecule has 2 aliphatic heterocycles. The third kappa shape index (κ3) is 3.43. The van der Waals surface area contributed by atoms with Gasteiger partial charge in [-0.2, -0.15) is 5.10 Å². The average Bonchev–Trinajstić information content (AvgIpc) is 3.32. The van der Waals surface area contributed by atoms with Crippen molar-refractivity contribution in [3.05, 3.63) is 46.7 Å². The number of benzene rings is 1. The van der Waals surface area contributed by atoms with Crippen LogP contribution >= 0.6 is 11.3 Å². The van der Waals surface area contributed by atoms with Crippen LogP contribution in [0.3, 0.4) is 0 Å². The highest BCUT2D eigenvalue weighted by Crippen LogP contribution is 2.22. The van der Waals surface area contributed by atoms with E-state index >= 15 is 0 Å². The van der Waals surface area contributed by atoms with E-state index in [4.69, 9.17) is 5.10 Å². The lowest BCUT2D eigenvalue weighted by molar-refractivity contribution is 0.0661. The van der Waals surface area contributed by atoms with Gasteiger partial charge in [0.15, 0.2) is 0 Å². The number of aromatic nitrogens is 3. The Balaban J connectivity index is 1.29. The number of carbonyl (C=O) groups excluding carboxylic acids is 1. The summed E-state index contributed by atoms with van der Waals surface area (Å²) in [5.74, 6) is 0.0445. The number of thiazole rings is 1. The molecule has 28 heavy (non-hydrogen) atoms. The number of amides is 1. The molecule has 146 valence electrons. The molecule has 1 N–H and O–H groups in total. The zero-order chi connectivity index (χ0) is 19.1. The number of carbonyl (C=O) groups is 1. The first-order valence-corrected chi connectivity index (χ1v) is 10.6. The molecule has 7 nitrogen and oxygen atoms in total. The van der Waals surface area contributed by atoms with Gasteiger partial charge >= 0.3 is 0 Å². The summed E-state index contributed by atoms with van der Waals surface area (Å²) in [5.41, 5.74) is 5.46. The molecule has 2 aliphatic rings. The molecule has 0 saturated carbocycles. The van der Waals surface area contributed by atoms with Crippen LogP contribution in [0.15, 0.2) is 29.8 Å². The molecule has 1 saturated heterocycles. The fraction of sp³-hybridized carbons (Fsp3) is 0.450. The molecule has 1 atom stereocenters. The molecular weight excluding hydrogens is 374 g/mol. The topological polar surface area (TPSA) is 74.5 Å². The van der Waals surface area contributed by atoms with Crippen LogP contribution in [0, 0.1) is 0 Å². The maximum absolute atomic E-state index is 13.0. The molecule has 1 fully saturated rings. The normalized spacial score (nSPS) is 20.5. The summed E-state index contributed by atoms with van der Waals surface area (Å²) < 4.78 is 3.11. The Labute approximate surface area is 167 Å². The van der Waals surface area contributed by atoms with Gasteiger partial charge in [-0.3, -0.25) is 14.4 Å². The minimum absolute atomic E-state index is 0.0445. The number of fused-ring (bicyclic) bond motifs is 2. The highest BCUT2D eigenvalue weighted by Gasteiger charge is 2.25. The van der Waals surface area contributed by atoms with Crippen molar-refractivity contribution in [2.75, 3.05) is 19.6 Å². The van der Waals surface area contributed by atoms with E-state index in [2.05, 4.69) is 16.0 Å². The Morgan fingerprint density at radius 3 is 3.07 bits per heavy atom. The van der Waals surface area contributed by atoms with Gasteiger partial charge < -0.3 is 10.0 Å². The van der Waals surface area contributed by atoms with Gasteiger partial charge in [-0.15, -0.1) is 11.3 Å². The highest BCUT2D eigenvalue weighted by atomic mass is 32.1. The Bertz CT molecular complexity index is 1010. The summed E-state index contributed by atoms with van der Waals surface area (Å²) >= 11 is 1.58. The summed E-state index contributed by atoms with van der Waals surface area (Å²) in [4.78, 5) is 21.4. The molecule has 0 spiro atoms. The van der Waals surface area contributed by atoms with E-state index in [1.165, 1.54) is 0 Å². The van der Waals surface area contributed by atoms with E-state index in [-0.39, 0.29) is 12.0 Å². The van der Waals surface area contributed by atoms with Crippen LogP contribution in [0.5, 0.6) is 0 Å². The fourth-order valence-corrected chi connectivity index (χ4v) is 4.81. The van der Waals surface area contributed by atoms with Gasteiger partial charge in [-0.25, -0.2) is 4.98 Å². The lowest BCUT2D eigenvalue weighted by Crippen LogP contribution is -2.38. The molecule has 4 heterocycles. The van der Waals surface area contributed by atoms with Gasteiger partial charge in [-0.1, -0.05) is 0 Å². The van der Waals surface area contributed by atoms with Gasteiger partial charge in [0.2, 0.25) is 0 Å². The van der Waals surface area contributed by atoms with E-state index < -0.39 is 0 Å². The summed E-state index contributed by atoms with van der Waals surface area (Å²) in [6.07, 6.45) is 1.69. The van der Waals surface area contributed by atoms with E-state index in [0.717, 1.165) is 47.5 Å². The van der Waals surface area contributed by atoms with Gasteiger partial charge in [0.05, 0.1) is 46.3 Å². The number of aliphatic hydroxyl groups is 1. The third-order valence-corrected chi connectivity index (χ3v) is 6.39. The minimum Gasteiger partial charge on any atom is -0.392 e. The predicted molar refractivity (Wildman–Crippen MR) is 107 cm³/mol. The molecule has 8 heteroatoms. The number of piperidine rings is 1. The summed E-state index contributed by atoms with van der Waals surface area (Å²) in [6, 6.07) is 7.85. The first-order chi connectivity index (χ1) is 13.7. The van der Waals surface area contributed by atoms with Gasteiger partial charge in [0.1, 0.15) is 0 Å². The molecule has 0 radical (unpaired) electrons. The SMILES string of the molecule is O=C(c1ccc2scnc2c1)N1CCn2nc(CN3CCC[C@@H](O)C3)cc2C1. The van der Waals surface area contributed by atoms with E-state index in [1.54, 1.807) is 16.8 Å². The number of hydrogen-bond donors (Lipinski definition) is 1. The lowest BCUT2D eigenvalue weighted by Gasteiger charge is -2.29. The first-order valence-electron chi connectivity index (χ1n) is 9.74. The Hall–Kier alpha value is -2.29. The Morgan fingerprint density at radius 1 is 1.25 bits per heavy atom. The minimum atomic E-state index is -0.228. The smallest absolute Gasteiger partial charge is 0.254 e. The number of likely N-dealkylation sites (tertiary alicyclic amines) is 1.